The van der Waals surface area contributed by atoms with Crippen molar-refractivity contribution in [3.63, 3.8) is 0 Å². The summed E-state index contributed by atoms with van der Waals surface area (Å²) in [5.41, 5.74) is 9.21. The van der Waals surface area contributed by atoms with E-state index in [1.807, 2.05) is 0 Å². The molecule has 0 fully saturated rings. The minimum absolute atomic E-state index is 0.0949. The van der Waals surface area contributed by atoms with Crippen molar-refractivity contribution in [2.75, 3.05) is 0 Å². The second-order valence-electron chi connectivity index (χ2n) is 3.13. The molecule has 64 valence electrons. The van der Waals surface area contributed by atoms with Crippen LogP contribution in [0.5, 0.6) is 0 Å². The van der Waals surface area contributed by atoms with Crippen LogP contribution in [-0.4, -0.2) is 17.2 Å². The predicted octanol–water partition coefficient (Wildman–Crippen LogP) is -0.586. The first kappa shape index (κ1) is 10.1. The minimum atomic E-state index is -1.13. The molecule has 0 spiro atoms. The Hall–Kier alpha value is -0.900. The lowest BCUT2D eigenvalue weighted by molar-refractivity contribution is -0.139. The highest BCUT2D eigenvalue weighted by Crippen LogP contribution is 2.13. The van der Waals surface area contributed by atoms with Gasteiger partial charge < -0.3 is 11.5 Å². The molecule has 4 nitrogen and oxygen atoms in total. The van der Waals surface area contributed by atoms with E-state index in [-0.39, 0.29) is 5.92 Å². The summed E-state index contributed by atoms with van der Waals surface area (Å²) in [6.45, 7) is 5.03. The molecule has 0 saturated heterocycles. The zero-order valence-electron chi connectivity index (χ0n) is 7.05. The number of carbonyl (C=O) groups is 2. The molecule has 1 atom stereocenters. The van der Waals surface area contributed by atoms with Gasteiger partial charge in [0.25, 0.3) is 5.91 Å². The number of carbonyl (C=O) groups excluding carboxylic acids is 2. The van der Waals surface area contributed by atoms with Gasteiger partial charge in [-0.15, -0.1) is 0 Å². The van der Waals surface area contributed by atoms with Gasteiger partial charge >= 0.3 is 0 Å². The normalized spacial score (nSPS) is 16.1. The second-order valence-corrected chi connectivity index (χ2v) is 3.13. The van der Waals surface area contributed by atoms with Crippen molar-refractivity contribution in [1.82, 2.24) is 0 Å². The number of ketones is 1. The fourth-order valence-corrected chi connectivity index (χ4v) is 0.528. The van der Waals surface area contributed by atoms with E-state index in [4.69, 9.17) is 11.5 Å². The number of amides is 1. The summed E-state index contributed by atoms with van der Waals surface area (Å²) in [7, 11) is 0. The van der Waals surface area contributed by atoms with Crippen molar-refractivity contribution in [2.45, 2.75) is 26.3 Å². The monoisotopic (exact) mass is 158 g/mol. The summed E-state index contributed by atoms with van der Waals surface area (Å²) in [6.07, 6.45) is 0. The molecule has 0 saturated carbocycles. The zero-order valence-corrected chi connectivity index (χ0v) is 7.05. The summed E-state index contributed by atoms with van der Waals surface area (Å²) in [6, 6.07) is 0. The molecule has 0 aliphatic heterocycles. The maximum atomic E-state index is 11.0. The van der Waals surface area contributed by atoms with Crippen LogP contribution in [0.4, 0.5) is 0 Å². The highest BCUT2D eigenvalue weighted by Gasteiger charge is 2.35. The Morgan fingerprint density at radius 3 is 1.82 bits per heavy atom. The van der Waals surface area contributed by atoms with Crippen molar-refractivity contribution in [3.05, 3.63) is 0 Å². The second kappa shape index (κ2) is 3.00. The Labute approximate surface area is 65.9 Å². The van der Waals surface area contributed by atoms with Crippen LogP contribution in [0.25, 0.3) is 0 Å². The third-order valence-corrected chi connectivity index (χ3v) is 1.91. The van der Waals surface area contributed by atoms with Crippen LogP contribution >= 0.6 is 0 Å². The quantitative estimate of drug-likeness (QED) is 0.538. The molecule has 0 aromatic carbocycles. The van der Waals surface area contributed by atoms with E-state index in [1.54, 1.807) is 13.8 Å². The number of nitrogens with two attached hydrogens (primary N) is 2. The molecule has 0 rings (SSSR count). The van der Waals surface area contributed by atoms with Gasteiger partial charge in [-0.3, -0.25) is 9.59 Å². The molecule has 0 aromatic heterocycles. The Bertz CT molecular complexity index is 185. The third-order valence-electron chi connectivity index (χ3n) is 1.91. The summed E-state index contributed by atoms with van der Waals surface area (Å²) < 4.78 is 0. The largest absolute Gasteiger partial charge is 0.363 e. The van der Waals surface area contributed by atoms with Gasteiger partial charge in [0, 0.05) is 0 Å². The smallest absolute Gasteiger partial charge is 0.286 e. The molecule has 0 heterocycles. The van der Waals surface area contributed by atoms with Gasteiger partial charge in [-0.05, 0) is 12.8 Å². The van der Waals surface area contributed by atoms with Crippen LogP contribution in [0.1, 0.15) is 20.8 Å². The van der Waals surface area contributed by atoms with E-state index in [0.717, 1.165) is 0 Å². The van der Waals surface area contributed by atoms with Crippen LogP contribution < -0.4 is 11.5 Å². The maximum absolute atomic E-state index is 11.0. The van der Waals surface area contributed by atoms with Crippen LogP contribution in [0.15, 0.2) is 0 Å². The van der Waals surface area contributed by atoms with Gasteiger partial charge in [0.15, 0.2) is 0 Å². The van der Waals surface area contributed by atoms with Crippen molar-refractivity contribution in [1.29, 1.82) is 0 Å². The van der Waals surface area contributed by atoms with Crippen LogP contribution in [0.2, 0.25) is 0 Å². The number of hydrogen-bond acceptors (Lipinski definition) is 3. The Morgan fingerprint density at radius 2 is 1.73 bits per heavy atom. The highest BCUT2D eigenvalue weighted by molar-refractivity contribution is 6.38. The van der Waals surface area contributed by atoms with Crippen LogP contribution in [-0.2, 0) is 9.59 Å². The van der Waals surface area contributed by atoms with Crippen LogP contribution in [0.3, 0.4) is 0 Å². The lowest BCUT2D eigenvalue weighted by Crippen LogP contribution is -2.54. The highest BCUT2D eigenvalue weighted by atomic mass is 16.2. The van der Waals surface area contributed by atoms with E-state index in [1.165, 1.54) is 6.92 Å². The predicted molar refractivity (Wildman–Crippen MR) is 41.6 cm³/mol. The number of hydrogen-bond donors (Lipinski definition) is 2. The van der Waals surface area contributed by atoms with Crippen molar-refractivity contribution in [3.8, 4) is 0 Å². The van der Waals surface area contributed by atoms with Crippen LogP contribution in [0, 0.1) is 5.92 Å². The number of rotatable bonds is 3. The minimum Gasteiger partial charge on any atom is -0.363 e. The van der Waals surface area contributed by atoms with Crippen molar-refractivity contribution in [2.24, 2.45) is 17.4 Å². The molecule has 1 unspecified atom stereocenters. The molecule has 1 amide bonds. The first-order chi connectivity index (χ1) is 4.80. The molecular formula is C7H14N2O2. The Morgan fingerprint density at radius 1 is 1.36 bits per heavy atom. The fourth-order valence-electron chi connectivity index (χ4n) is 0.528. The summed E-state index contributed by atoms with van der Waals surface area (Å²) >= 11 is 0. The standard InChI is InChI=1S/C7H14N2O2/c1-4(2)7(3,9)5(10)6(8)11/h4H,9H2,1-3H3,(H2,8,11). The average molecular weight is 158 g/mol. The Balaban J connectivity index is 4.56. The topological polar surface area (TPSA) is 86.2 Å². The molecule has 0 radical (unpaired) electrons. The number of primary amides is 1. The number of Topliss-reactive ketones (excluding diaryl/α,β-unsaturated/α-hetero) is 1. The molecule has 0 bridgehead atoms. The zero-order chi connectivity index (χ0) is 9.23. The van der Waals surface area contributed by atoms with E-state index >= 15 is 0 Å². The van der Waals surface area contributed by atoms with Crippen molar-refractivity contribution < 1.29 is 9.59 Å². The first-order valence-corrected chi connectivity index (χ1v) is 3.43. The molecular weight excluding hydrogens is 144 g/mol. The van der Waals surface area contributed by atoms with E-state index in [2.05, 4.69) is 0 Å². The average Bonchev–Trinajstić information content (AvgIpc) is 1.85. The summed E-state index contributed by atoms with van der Waals surface area (Å²) in [5.74, 6) is -1.78. The first-order valence-electron chi connectivity index (χ1n) is 3.43. The molecule has 4 heteroatoms. The lowest BCUT2D eigenvalue weighted by atomic mass is 9.85. The van der Waals surface area contributed by atoms with Gasteiger partial charge in [-0.25, -0.2) is 0 Å². The van der Waals surface area contributed by atoms with Crippen molar-refractivity contribution >= 4 is 11.7 Å². The summed E-state index contributed by atoms with van der Waals surface area (Å²) in [4.78, 5) is 21.4. The van der Waals surface area contributed by atoms with E-state index in [0.29, 0.717) is 0 Å². The molecule has 0 aliphatic rings. The van der Waals surface area contributed by atoms with Gasteiger partial charge in [0.05, 0.1) is 5.54 Å². The molecule has 0 aliphatic carbocycles. The maximum Gasteiger partial charge on any atom is 0.286 e. The SMILES string of the molecule is CC(C)C(C)(N)C(=O)C(N)=O. The molecule has 0 aromatic rings. The van der Waals surface area contributed by atoms with Gasteiger partial charge in [0.2, 0.25) is 5.78 Å². The summed E-state index contributed by atoms with van der Waals surface area (Å²) in [5, 5.41) is 0. The Kier molecular flexibility index (Phi) is 2.76. The van der Waals surface area contributed by atoms with Gasteiger partial charge in [-0.1, -0.05) is 13.8 Å². The van der Waals surface area contributed by atoms with Gasteiger partial charge in [0.1, 0.15) is 0 Å². The lowest BCUT2D eigenvalue weighted by Gasteiger charge is -2.25. The van der Waals surface area contributed by atoms with Gasteiger partial charge in [-0.2, -0.15) is 0 Å². The van der Waals surface area contributed by atoms with E-state index < -0.39 is 17.2 Å². The molecule has 4 N–H and O–H groups in total. The third kappa shape index (κ3) is 2.01. The van der Waals surface area contributed by atoms with E-state index in [9.17, 15) is 9.59 Å². The fraction of sp³-hybridized carbons (Fsp3) is 0.714. The molecule has 11 heavy (non-hydrogen) atoms.